The van der Waals surface area contributed by atoms with Gasteiger partial charge >= 0.3 is 5.97 Å². The number of rotatable bonds is 51. The van der Waals surface area contributed by atoms with Crippen LogP contribution in [0.3, 0.4) is 0 Å². The Kier molecular flexibility index (Phi) is 49.0. The van der Waals surface area contributed by atoms with Crippen molar-refractivity contribution in [2.24, 2.45) is 0 Å². The molecule has 11 heteroatoms. The molecule has 76 heavy (non-hydrogen) atoms. The molecule has 11 nitrogen and oxygen atoms in total. The number of aliphatic hydroxyl groups excluding tert-OH is 5. The third-order valence-electron chi connectivity index (χ3n) is 14.1. The van der Waals surface area contributed by atoms with Crippen LogP contribution in [0.1, 0.15) is 252 Å². The number of unbranched alkanes of at least 4 members (excludes halogenated alkanes) is 25. The molecule has 1 fully saturated rings. The lowest BCUT2D eigenvalue weighted by Gasteiger charge is -2.41. The average Bonchev–Trinajstić information content (AvgIpc) is 3.42. The molecule has 0 saturated carbocycles. The van der Waals surface area contributed by atoms with E-state index in [2.05, 4.69) is 92.9 Å². The molecular formula is C65H113NO10. The Morgan fingerprint density at radius 3 is 1.41 bits per heavy atom. The van der Waals surface area contributed by atoms with Crippen LogP contribution >= 0.6 is 0 Å². The van der Waals surface area contributed by atoms with E-state index >= 15 is 0 Å². The Bertz CT molecular complexity index is 1560. The van der Waals surface area contributed by atoms with E-state index < -0.39 is 67.4 Å². The first kappa shape index (κ1) is 70.9. The molecule has 8 atom stereocenters. The molecule has 0 aromatic rings. The molecule has 1 rings (SSSR count). The Balaban J connectivity index is 2.73. The molecule has 0 radical (unpaired) electrons. The van der Waals surface area contributed by atoms with E-state index in [1.54, 1.807) is 6.08 Å². The first-order valence-corrected chi connectivity index (χ1v) is 30.9. The van der Waals surface area contributed by atoms with E-state index in [0.29, 0.717) is 19.3 Å². The first-order valence-electron chi connectivity index (χ1n) is 30.9. The Morgan fingerprint density at radius 1 is 0.526 bits per heavy atom. The quantitative estimate of drug-likeness (QED) is 0.0195. The van der Waals surface area contributed by atoms with Crippen molar-refractivity contribution in [3.8, 4) is 0 Å². The molecule has 1 aliphatic rings. The first-order chi connectivity index (χ1) is 37.2. The van der Waals surface area contributed by atoms with Gasteiger partial charge in [-0.1, -0.05) is 254 Å². The number of aliphatic hydroxyl groups is 5. The summed E-state index contributed by atoms with van der Waals surface area (Å²) in [7, 11) is 0. The lowest BCUT2D eigenvalue weighted by molar-refractivity contribution is -0.305. The minimum Gasteiger partial charge on any atom is -0.454 e. The van der Waals surface area contributed by atoms with Crippen molar-refractivity contribution in [2.45, 2.75) is 301 Å². The topological polar surface area (TPSA) is 175 Å². The average molecular weight is 1070 g/mol. The second-order valence-electron chi connectivity index (χ2n) is 21.1. The number of carbonyl (C=O) groups excluding carboxylic acids is 2. The fraction of sp³-hybridized carbons (Fsp3) is 0.754. The minimum atomic E-state index is -1.62. The summed E-state index contributed by atoms with van der Waals surface area (Å²) in [5.74, 6) is -1.24. The number of hydrogen-bond donors (Lipinski definition) is 6. The van der Waals surface area contributed by atoms with Gasteiger partial charge in [-0.15, -0.1) is 0 Å². The summed E-state index contributed by atoms with van der Waals surface area (Å²) in [6.45, 7) is 5.65. The summed E-state index contributed by atoms with van der Waals surface area (Å²) in [5.41, 5.74) is 0. The fourth-order valence-electron chi connectivity index (χ4n) is 9.19. The van der Waals surface area contributed by atoms with Crippen LogP contribution in [0.25, 0.3) is 0 Å². The predicted octanol–water partition coefficient (Wildman–Crippen LogP) is 14.6. The number of amides is 1. The molecule has 0 aromatic carbocycles. The van der Waals surface area contributed by atoms with Gasteiger partial charge in [0.2, 0.25) is 5.91 Å². The van der Waals surface area contributed by atoms with Crippen LogP contribution in [0, 0.1) is 0 Å². The number of allylic oxidation sites excluding steroid dienone is 13. The van der Waals surface area contributed by atoms with E-state index in [-0.39, 0.29) is 19.4 Å². The standard InChI is InChI=1S/C65H113NO10/c1-4-7-10-13-16-19-22-25-27-28-29-30-31-33-34-37-40-43-46-49-52-58(69)64(73)66-56(57(68)51-48-45-42-39-36-24-21-18-15-12-9-6-3)55-74-65-63(62(72)61(71)59(54-67)75-65)76-60(70)53-50-47-44-41-38-35-32-26-23-20-17-14-11-8-5-2/h7,10,16,19,25,27,29-30,33-34,40,43,48,51,56-59,61-63,65,67-69,71-72H,4-6,8-9,11-15,17-18,20-24,26,28,31-32,35-39,41-42,44-47,49-50,52-55H2,1-3H3,(H,66,73)/b10-7-,19-16-,27-25-,30-29-,34-33-,43-40-,51-48+. The van der Waals surface area contributed by atoms with Crippen molar-refractivity contribution < 1.29 is 49.3 Å². The zero-order chi connectivity index (χ0) is 55.4. The van der Waals surface area contributed by atoms with E-state index in [1.165, 1.54) is 116 Å². The van der Waals surface area contributed by atoms with Crippen LogP contribution in [-0.4, -0.2) is 99.6 Å². The molecule has 8 unspecified atom stereocenters. The van der Waals surface area contributed by atoms with Crippen LogP contribution in [-0.2, 0) is 23.8 Å². The lowest BCUT2D eigenvalue weighted by Crippen LogP contribution is -2.61. The molecule has 1 amide bonds. The molecule has 0 spiro atoms. The number of nitrogens with one attached hydrogen (secondary N) is 1. The summed E-state index contributed by atoms with van der Waals surface area (Å²) >= 11 is 0. The van der Waals surface area contributed by atoms with E-state index in [4.69, 9.17) is 14.2 Å². The predicted molar refractivity (Wildman–Crippen MR) is 315 cm³/mol. The summed E-state index contributed by atoms with van der Waals surface area (Å²) in [5, 5.41) is 56.9. The van der Waals surface area contributed by atoms with Gasteiger partial charge in [-0.2, -0.15) is 0 Å². The van der Waals surface area contributed by atoms with E-state index in [0.717, 1.165) is 83.5 Å². The van der Waals surface area contributed by atoms with Crippen LogP contribution < -0.4 is 5.32 Å². The van der Waals surface area contributed by atoms with Gasteiger partial charge in [-0.05, 0) is 77.0 Å². The van der Waals surface area contributed by atoms with Crippen LogP contribution in [0.2, 0.25) is 0 Å². The molecular weight excluding hydrogens is 955 g/mol. The van der Waals surface area contributed by atoms with Gasteiger partial charge in [0.25, 0.3) is 0 Å². The van der Waals surface area contributed by atoms with Crippen molar-refractivity contribution in [1.82, 2.24) is 5.32 Å². The van der Waals surface area contributed by atoms with E-state index in [9.17, 15) is 35.1 Å². The van der Waals surface area contributed by atoms with E-state index in [1.807, 2.05) is 12.2 Å². The molecule has 0 aliphatic carbocycles. The molecule has 6 N–H and O–H groups in total. The highest BCUT2D eigenvalue weighted by molar-refractivity contribution is 5.80. The molecule has 438 valence electrons. The van der Waals surface area contributed by atoms with Crippen LogP contribution in [0.5, 0.6) is 0 Å². The van der Waals surface area contributed by atoms with Gasteiger partial charge in [0.05, 0.1) is 25.4 Å². The molecule has 1 aliphatic heterocycles. The van der Waals surface area contributed by atoms with Crippen molar-refractivity contribution in [1.29, 1.82) is 0 Å². The Morgan fingerprint density at radius 2 is 0.947 bits per heavy atom. The largest absolute Gasteiger partial charge is 0.454 e. The minimum absolute atomic E-state index is 0.118. The molecule has 1 saturated heterocycles. The number of esters is 1. The van der Waals surface area contributed by atoms with Crippen molar-refractivity contribution >= 4 is 11.9 Å². The highest BCUT2D eigenvalue weighted by atomic mass is 16.7. The summed E-state index contributed by atoms with van der Waals surface area (Å²) < 4.78 is 17.6. The zero-order valence-electron chi connectivity index (χ0n) is 48.3. The molecule has 0 bridgehead atoms. The summed E-state index contributed by atoms with van der Waals surface area (Å²) in [4.78, 5) is 26.5. The van der Waals surface area contributed by atoms with Gasteiger partial charge in [-0.3, -0.25) is 9.59 Å². The van der Waals surface area contributed by atoms with Crippen molar-refractivity contribution in [3.05, 3.63) is 85.1 Å². The normalized spacial score (nSPS) is 19.7. The lowest BCUT2D eigenvalue weighted by atomic mass is 9.99. The molecule has 1 heterocycles. The maximum atomic E-state index is 13.4. The van der Waals surface area contributed by atoms with Crippen molar-refractivity contribution in [3.63, 3.8) is 0 Å². The maximum absolute atomic E-state index is 13.4. The third-order valence-corrected chi connectivity index (χ3v) is 14.1. The SMILES string of the molecule is CC/C=C\C/C=C\C/C=C\C/C=C\C/C=C\C/C=C\CCCC(O)C(=O)NC(COC1OC(CO)C(O)C(O)C1OC(=O)CCCCCCCCCCCCCCCCC)C(O)/C=C/CCCCCCCCCCCC. The fourth-order valence-corrected chi connectivity index (χ4v) is 9.19. The van der Waals surface area contributed by atoms with Gasteiger partial charge < -0.3 is 45.1 Å². The number of ether oxygens (including phenoxy) is 3. The highest BCUT2D eigenvalue weighted by Crippen LogP contribution is 2.26. The Labute approximate surface area is 463 Å². The second kappa shape index (κ2) is 52.5. The zero-order valence-corrected chi connectivity index (χ0v) is 48.3. The maximum Gasteiger partial charge on any atom is 0.306 e. The van der Waals surface area contributed by atoms with Crippen molar-refractivity contribution in [2.75, 3.05) is 13.2 Å². The third kappa shape index (κ3) is 40.1. The van der Waals surface area contributed by atoms with Gasteiger partial charge in [0.15, 0.2) is 12.4 Å². The smallest absolute Gasteiger partial charge is 0.306 e. The summed E-state index contributed by atoms with van der Waals surface area (Å²) in [6, 6.07) is -1.05. The second-order valence-corrected chi connectivity index (χ2v) is 21.1. The van der Waals surface area contributed by atoms with Crippen LogP contribution in [0.4, 0.5) is 0 Å². The monoisotopic (exact) mass is 1070 g/mol. The van der Waals surface area contributed by atoms with Crippen LogP contribution in [0.15, 0.2) is 85.1 Å². The van der Waals surface area contributed by atoms with Gasteiger partial charge in [0, 0.05) is 6.42 Å². The number of hydrogen-bond acceptors (Lipinski definition) is 10. The molecule has 0 aromatic heterocycles. The van der Waals surface area contributed by atoms with Gasteiger partial charge in [-0.25, -0.2) is 0 Å². The highest BCUT2D eigenvalue weighted by Gasteiger charge is 2.47. The number of carbonyl (C=O) groups is 2. The van der Waals surface area contributed by atoms with Gasteiger partial charge in [0.1, 0.15) is 24.4 Å². The summed E-state index contributed by atoms with van der Waals surface area (Å²) in [6.07, 6.45) is 57.7. The Hall–Kier alpha value is -3.16.